The minimum atomic E-state index is 0.836. The van der Waals surface area contributed by atoms with Gasteiger partial charge < -0.3 is 10.3 Å². The van der Waals surface area contributed by atoms with E-state index in [0.29, 0.717) is 0 Å². The van der Waals surface area contributed by atoms with Crippen molar-refractivity contribution in [1.29, 1.82) is 0 Å². The molecular formula is C10H12N4. The quantitative estimate of drug-likeness (QED) is 0.580. The minimum Gasteiger partial charge on any atom is -0.372 e. The molecule has 0 saturated heterocycles. The average molecular weight is 188 g/mol. The summed E-state index contributed by atoms with van der Waals surface area (Å²) in [6, 6.07) is 4.18. The van der Waals surface area contributed by atoms with Gasteiger partial charge in [0.15, 0.2) is 0 Å². The van der Waals surface area contributed by atoms with E-state index in [-0.39, 0.29) is 0 Å². The number of aromatic nitrogens is 2. The third-order valence-electron chi connectivity index (χ3n) is 2.65. The van der Waals surface area contributed by atoms with Crippen LogP contribution >= 0.6 is 0 Å². The number of H-pyrrole nitrogens is 1. The third-order valence-corrected chi connectivity index (χ3v) is 2.65. The summed E-state index contributed by atoms with van der Waals surface area (Å²) >= 11 is 0. The van der Waals surface area contributed by atoms with Gasteiger partial charge in [-0.1, -0.05) is 0 Å². The number of nitrogens with one attached hydrogen (secondary N) is 3. The van der Waals surface area contributed by atoms with Crippen LogP contribution in [0.15, 0.2) is 18.5 Å². The van der Waals surface area contributed by atoms with E-state index in [1.807, 2.05) is 0 Å². The summed E-state index contributed by atoms with van der Waals surface area (Å²) in [6.45, 7) is 1.84. The molecule has 0 atom stereocenters. The van der Waals surface area contributed by atoms with Gasteiger partial charge in [-0.3, -0.25) is 5.32 Å². The van der Waals surface area contributed by atoms with Crippen LogP contribution < -0.4 is 10.6 Å². The average Bonchev–Trinajstić information content (AvgIpc) is 2.55. The van der Waals surface area contributed by atoms with Crippen LogP contribution in [0.2, 0.25) is 0 Å². The molecule has 1 aromatic heterocycles. The standard InChI is InChI=1S/C10H12N4/c1-2-9-10(14-6-13-9)7-3-4-11-5-12-8(1)7/h1-2,6,11-12H,3-5H2,(H,13,14). The lowest BCUT2D eigenvalue weighted by Crippen LogP contribution is -2.20. The predicted molar refractivity (Wildman–Crippen MR) is 56.3 cm³/mol. The first kappa shape index (κ1) is 7.82. The van der Waals surface area contributed by atoms with Crippen LogP contribution in [-0.2, 0) is 6.42 Å². The van der Waals surface area contributed by atoms with E-state index in [0.717, 1.165) is 30.7 Å². The molecule has 14 heavy (non-hydrogen) atoms. The molecule has 3 N–H and O–H groups in total. The Kier molecular flexibility index (Phi) is 1.67. The highest BCUT2D eigenvalue weighted by atomic mass is 15.1. The first-order valence-corrected chi connectivity index (χ1v) is 4.85. The van der Waals surface area contributed by atoms with Gasteiger partial charge in [-0.25, -0.2) is 4.98 Å². The van der Waals surface area contributed by atoms with Crippen LogP contribution in [0, 0.1) is 0 Å². The van der Waals surface area contributed by atoms with E-state index in [4.69, 9.17) is 0 Å². The SMILES string of the molecule is c1nc2c3c(ccc2[nH]1)NCNCC3. The molecule has 0 unspecified atom stereocenters. The van der Waals surface area contributed by atoms with Crippen molar-refractivity contribution in [2.75, 3.05) is 18.5 Å². The first-order chi connectivity index (χ1) is 6.95. The first-order valence-electron chi connectivity index (χ1n) is 4.85. The summed E-state index contributed by atoms with van der Waals surface area (Å²) in [6.07, 6.45) is 2.79. The summed E-state index contributed by atoms with van der Waals surface area (Å²) in [7, 11) is 0. The molecule has 4 heteroatoms. The van der Waals surface area contributed by atoms with Gasteiger partial charge in [-0.2, -0.15) is 0 Å². The van der Waals surface area contributed by atoms with Crippen LogP contribution in [0.5, 0.6) is 0 Å². The molecule has 1 aliphatic rings. The molecule has 0 bridgehead atoms. The Morgan fingerprint density at radius 2 is 2.29 bits per heavy atom. The second-order valence-electron chi connectivity index (χ2n) is 3.49. The highest BCUT2D eigenvalue weighted by molar-refractivity contribution is 5.84. The van der Waals surface area contributed by atoms with Gasteiger partial charge in [0.25, 0.3) is 0 Å². The number of imidazole rings is 1. The Balaban J connectivity index is 2.26. The van der Waals surface area contributed by atoms with Crippen molar-refractivity contribution in [3.8, 4) is 0 Å². The predicted octanol–water partition coefficient (Wildman–Crippen LogP) is 1.08. The van der Waals surface area contributed by atoms with E-state index in [1.165, 1.54) is 11.3 Å². The third kappa shape index (κ3) is 1.08. The number of rotatable bonds is 0. The molecule has 4 nitrogen and oxygen atoms in total. The van der Waals surface area contributed by atoms with Gasteiger partial charge in [0.2, 0.25) is 0 Å². The summed E-state index contributed by atoms with van der Waals surface area (Å²) in [5.41, 5.74) is 4.73. The summed E-state index contributed by atoms with van der Waals surface area (Å²) < 4.78 is 0. The lowest BCUT2D eigenvalue weighted by atomic mass is 10.1. The maximum atomic E-state index is 4.35. The summed E-state index contributed by atoms with van der Waals surface area (Å²) in [5, 5.41) is 6.64. The second-order valence-corrected chi connectivity index (χ2v) is 3.49. The minimum absolute atomic E-state index is 0.836. The molecule has 0 aliphatic carbocycles. The van der Waals surface area contributed by atoms with Crippen molar-refractivity contribution in [3.05, 3.63) is 24.0 Å². The molecule has 0 spiro atoms. The Hall–Kier alpha value is -1.55. The Morgan fingerprint density at radius 1 is 1.29 bits per heavy atom. The zero-order chi connectivity index (χ0) is 9.38. The molecule has 72 valence electrons. The molecule has 0 fully saturated rings. The molecule has 0 amide bonds. The van der Waals surface area contributed by atoms with E-state index in [1.54, 1.807) is 6.33 Å². The van der Waals surface area contributed by atoms with Crippen LogP contribution in [0.4, 0.5) is 5.69 Å². The van der Waals surface area contributed by atoms with Gasteiger partial charge in [0.1, 0.15) is 0 Å². The fourth-order valence-corrected chi connectivity index (χ4v) is 1.94. The second kappa shape index (κ2) is 2.99. The van der Waals surface area contributed by atoms with E-state index < -0.39 is 0 Å². The highest BCUT2D eigenvalue weighted by Gasteiger charge is 2.11. The largest absolute Gasteiger partial charge is 0.372 e. The molecule has 2 aromatic rings. The van der Waals surface area contributed by atoms with Gasteiger partial charge in [0.05, 0.1) is 24.0 Å². The fraction of sp³-hybridized carbons (Fsp3) is 0.300. The molecule has 1 aliphatic heterocycles. The number of aromatic amines is 1. The molecular weight excluding hydrogens is 176 g/mol. The Bertz CT molecular complexity index is 460. The van der Waals surface area contributed by atoms with Crippen molar-refractivity contribution >= 4 is 16.7 Å². The van der Waals surface area contributed by atoms with Gasteiger partial charge >= 0.3 is 0 Å². The Labute approximate surface area is 81.7 Å². The maximum absolute atomic E-state index is 4.35. The lowest BCUT2D eigenvalue weighted by Gasteiger charge is -2.06. The zero-order valence-corrected chi connectivity index (χ0v) is 7.80. The van der Waals surface area contributed by atoms with Crippen LogP contribution in [-0.4, -0.2) is 23.2 Å². The fourth-order valence-electron chi connectivity index (χ4n) is 1.94. The molecule has 2 heterocycles. The lowest BCUT2D eigenvalue weighted by molar-refractivity contribution is 0.744. The molecule has 1 aromatic carbocycles. The van der Waals surface area contributed by atoms with Crippen molar-refractivity contribution in [3.63, 3.8) is 0 Å². The van der Waals surface area contributed by atoms with Gasteiger partial charge in [-0.05, 0) is 18.6 Å². The van der Waals surface area contributed by atoms with E-state index >= 15 is 0 Å². The van der Waals surface area contributed by atoms with Gasteiger partial charge in [-0.15, -0.1) is 0 Å². The molecule has 0 radical (unpaired) electrons. The number of hydrogen-bond donors (Lipinski definition) is 3. The number of nitrogens with zero attached hydrogens (tertiary/aromatic N) is 1. The summed E-state index contributed by atoms with van der Waals surface area (Å²) in [5.74, 6) is 0. The number of hydrogen-bond acceptors (Lipinski definition) is 3. The number of benzene rings is 1. The molecule has 0 saturated carbocycles. The topological polar surface area (TPSA) is 52.7 Å². The van der Waals surface area contributed by atoms with Gasteiger partial charge in [0, 0.05) is 17.8 Å². The van der Waals surface area contributed by atoms with Crippen LogP contribution in [0.25, 0.3) is 11.0 Å². The summed E-state index contributed by atoms with van der Waals surface area (Å²) in [4.78, 5) is 7.48. The normalized spacial score (nSPS) is 16.0. The maximum Gasteiger partial charge on any atom is 0.0935 e. The zero-order valence-electron chi connectivity index (χ0n) is 7.80. The van der Waals surface area contributed by atoms with Crippen LogP contribution in [0.1, 0.15) is 5.56 Å². The van der Waals surface area contributed by atoms with Crippen molar-refractivity contribution < 1.29 is 0 Å². The smallest absolute Gasteiger partial charge is 0.0935 e. The number of anilines is 1. The molecule has 3 rings (SSSR count). The van der Waals surface area contributed by atoms with E-state index in [9.17, 15) is 0 Å². The highest BCUT2D eigenvalue weighted by Crippen LogP contribution is 2.24. The van der Waals surface area contributed by atoms with Crippen molar-refractivity contribution in [1.82, 2.24) is 15.3 Å². The van der Waals surface area contributed by atoms with Crippen molar-refractivity contribution in [2.45, 2.75) is 6.42 Å². The van der Waals surface area contributed by atoms with Crippen LogP contribution in [0.3, 0.4) is 0 Å². The number of fused-ring (bicyclic) bond motifs is 3. The van der Waals surface area contributed by atoms with E-state index in [2.05, 4.69) is 32.7 Å². The monoisotopic (exact) mass is 188 g/mol. The Morgan fingerprint density at radius 3 is 3.29 bits per heavy atom. The van der Waals surface area contributed by atoms with Crippen molar-refractivity contribution in [2.24, 2.45) is 0 Å².